The summed E-state index contributed by atoms with van der Waals surface area (Å²) in [6.45, 7) is 6.42. The fraction of sp³-hybridized carbons (Fsp3) is 0.727. The van der Waals surface area contributed by atoms with Crippen molar-refractivity contribution in [2.24, 2.45) is 5.92 Å². The molecule has 28 heavy (non-hydrogen) atoms. The number of benzene rings is 1. The molecule has 0 N–H and O–H groups in total. The zero-order valence-corrected chi connectivity index (χ0v) is 17.8. The molecule has 2 atom stereocenters. The molecule has 4 fully saturated rings. The molecular weight excluding hydrogens is 370 g/mol. The molecule has 2 bridgehead atoms. The van der Waals surface area contributed by atoms with E-state index < -0.39 is 10.0 Å². The average Bonchev–Trinajstić information content (AvgIpc) is 3.35. The molecule has 1 aliphatic carbocycles. The zero-order chi connectivity index (χ0) is 19.3. The number of sulfonamides is 1. The van der Waals surface area contributed by atoms with E-state index in [1.54, 1.807) is 4.31 Å². The lowest BCUT2D eigenvalue weighted by atomic mass is 9.71. The Morgan fingerprint density at radius 1 is 0.964 bits per heavy atom. The van der Waals surface area contributed by atoms with Gasteiger partial charge in [0.2, 0.25) is 10.0 Å². The van der Waals surface area contributed by atoms with Gasteiger partial charge in [0.1, 0.15) is 0 Å². The van der Waals surface area contributed by atoms with Gasteiger partial charge in [-0.25, -0.2) is 8.42 Å². The van der Waals surface area contributed by atoms with Crippen molar-refractivity contribution in [1.82, 2.24) is 14.1 Å². The minimum atomic E-state index is -3.03. The molecule has 0 amide bonds. The largest absolute Gasteiger partial charge is 0.299 e. The molecule has 0 radical (unpaired) electrons. The minimum Gasteiger partial charge on any atom is -0.299 e. The molecule has 5 nitrogen and oxygen atoms in total. The standard InChI is InChI=1S/C22H33N3O2S/c1-28(26,27)25-16-21-12-22(25)15-24(21)14-18-10-20(11-18)19-6-4-17(5-7-19)13-23-8-2-3-9-23/h4-7,18,20-22H,2-3,8-16H2,1H3/t18?,20?,21-,22-/m0/s1. The van der Waals surface area contributed by atoms with Gasteiger partial charge >= 0.3 is 0 Å². The number of piperazine rings is 1. The highest BCUT2D eigenvalue weighted by atomic mass is 32.2. The molecule has 0 aromatic heterocycles. The van der Waals surface area contributed by atoms with E-state index in [-0.39, 0.29) is 6.04 Å². The lowest BCUT2D eigenvalue weighted by Gasteiger charge is -2.41. The van der Waals surface area contributed by atoms with Crippen LogP contribution in [0.3, 0.4) is 0 Å². The Labute approximate surface area is 169 Å². The number of hydrogen-bond donors (Lipinski definition) is 0. The van der Waals surface area contributed by atoms with Gasteiger partial charge in [0.05, 0.1) is 6.26 Å². The average molecular weight is 404 g/mol. The number of likely N-dealkylation sites (tertiary alicyclic amines) is 2. The smallest absolute Gasteiger partial charge is 0.211 e. The molecule has 1 aromatic carbocycles. The van der Waals surface area contributed by atoms with Crippen LogP contribution in [0.25, 0.3) is 0 Å². The number of nitrogens with zero attached hydrogens (tertiary/aromatic N) is 3. The van der Waals surface area contributed by atoms with Crippen molar-refractivity contribution in [1.29, 1.82) is 0 Å². The summed E-state index contributed by atoms with van der Waals surface area (Å²) in [5.74, 6) is 1.50. The molecule has 6 heteroatoms. The lowest BCUT2D eigenvalue weighted by Crippen LogP contribution is -2.50. The van der Waals surface area contributed by atoms with E-state index in [0.717, 1.165) is 37.9 Å². The molecule has 3 heterocycles. The van der Waals surface area contributed by atoms with E-state index in [9.17, 15) is 8.42 Å². The third kappa shape index (κ3) is 3.76. The molecule has 154 valence electrons. The Hall–Kier alpha value is -0.950. The Bertz CT molecular complexity index is 798. The summed E-state index contributed by atoms with van der Waals surface area (Å²) in [7, 11) is -3.03. The first-order valence-electron chi connectivity index (χ1n) is 11.0. The zero-order valence-electron chi connectivity index (χ0n) is 17.0. The van der Waals surface area contributed by atoms with E-state index >= 15 is 0 Å². The topological polar surface area (TPSA) is 43.9 Å². The van der Waals surface area contributed by atoms with Crippen molar-refractivity contribution < 1.29 is 8.42 Å². The molecule has 0 unspecified atom stereocenters. The Kier molecular flexibility index (Phi) is 5.02. The van der Waals surface area contributed by atoms with Gasteiger partial charge in [-0.1, -0.05) is 24.3 Å². The van der Waals surface area contributed by atoms with Gasteiger partial charge in [0, 0.05) is 38.3 Å². The highest BCUT2D eigenvalue weighted by molar-refractivity contribution is 7.88. The fourth-order valence-corrected chi connectivity index (χ4v) is 7.06. The summed E-state index contributed by atoms with van der Waals surface area (Å²) in [6, 6.07) is 10.0. The molecule has 0 spiro atoms. The molecule has 4 aliphatic rings. The summed E-state index contributed by atoms with van der Waals surface area (Å²) in [5.41, 5.74) is 2.96. The first-order chi connectivity index (χ1) is 13.5. The van der Waals surface area contributed by atoms with Gasteiger partial charge in [0.25, 0.3) is 0 Å². The van der Waals surface area contributed by atoms with Gasteiger partial charge < -0.3 is 0 Å². The maximum Gasteiger partial charge on any atom is 0.211 e. The summed E-state index contributed by atoms with van der Waals surface area (Å²) < 4.78 is 25.4. The van der Waals surface area contributed by atoms with Gasteiger partial charge in [-0.3, -0.25) is 9.80 Å². The number of rotatable bonds is 6. The second-order valence-corrected chi connectivity index (χ2v) is 11.5. The molecule has 5 rings (SSSR count). The van der Waals surface area contributed by atoms with Crippen LogP contribution in [0.15, 0.2) is 24.3 Å². The number of hydrogen-bond acceptors (Lipinski definition) is 4. The van der Waals surface area contributed by atoms with Gasteiger partial charge in [-0.15, -0.1) is 0 Å². The van der Waals surface area contributed by atoms with Crippen LogP contribution in [0.4, 0.5) is 0 Å². The van der Waals surface area contributed by atoms with E-state index in [1.165, 1.54) is 56.2 Å². The van der Waals surface area contributed by atoms with E-state index in [0.29, 0.717) is 12.6 Å². The van der Waals surface area contributed by atoms with Crippen LogP contribution < -0.4 is 0 Å². The van der Waals surface area contributed by atoms with Crippen LogP contribution in [-0.2, 0) is 16.6 Å². The predicted octanol–water partition coefficient (Wildman–Crippen LogP) is 2.49. The Morgan fingerprint density at radius 3 is 2.29 bits per heavy atom. The lowest BCUT2D eigenvalue weighted by molar-refractivity contribution is 0.118. The van der Waals surface area contributed by atoms with Crippen molar-refractivity contribution >= 4 is 10.0 Å². The second-order valence-electron chi connectivity index (χ2n) is 9.59. The summed E-state index contributed by atoms with van der Waals surface area (Å²) in [5, 5.41) is 0. The summed E-state index contributed by atoms with van der Waals surface area (Å²) in [4.78, 5) is 5.12. The minimum absolute atomic E-state index is 0.221. The van der Waals surface area contributed by atoms with Crippen LogP contribution in [0.5, 0.6) is 0 Å². The normalized spacial score (nSPS) is 34.2. The maximum atomic E-state index is 11.8. The van der Waals surface area contributed by atoms with Gasteiger partial charge in [-0.05, 0) is 68.2 Å². The molecule has 1 saturated carbocycles. The monoisotopic (exact) mass is 403 g/mol. The molecule has 3 saturated heterocycles. The van der Waals surface area contributed by atoms with E-state index in [2.05, 4.69) is 34.1 Å². The quantitative estimate of drug-likeness (QED) is 0.732. The van der Waals surface area contributed by atoms with Crippen molar-refractivity contribution in [2.45, 2.75) is 56.7 Å². The number of fused-ring (bicyclic) bond motifs is 2. The first kappa shape index (κ1) is 19.0. The Balaban J connectivity index is 1.09. The van der Waals surface area contributed by atoms with Crippen molar-refractivity contribution in [3.8, 4) is 0 Å². The SMILES string of the molecule is CS(=O)(=O)N1C[C@@H]2C[C@H]1CN2CC1CC(c2ccc(CN3CCCC3)cc2)C1. The first-order valence-corrected chi connectivity index (χ1v) is 12.8. The third-order valence-electron chi connectivity index (χ3n) is 7.51. The van der Waals surface area contributed by atoms with Crippen LogP contribution in [0, 0.1) is 5.92 Å². The van der Waals surface area contributed by atoms with Crippen LogP contribution in [0.2, 0.25) is 0 Å². The molecule has 1 aromatic rings. The molecular formula is C22H33N3O2S. The summed E-state index contributed by atoms with van der Waals surface area (Å²) in [6.07, 6.45) is 7.66. The highest BCUT2D eigenvalue weighted by Gasteiger charge is 2.47. The van der Waals surface area contributed by atoms with Crippen LogP contribution >= 0.6 is 0 Å². The maximum absolute atomic E-state index is 11.8. The van der Waals surface area contributed by atoms with E-state index in [1.807, 2.05) is 0 Å². The van der Waals surface area contributed by atoms with E-state index in [4.69, 9.17) is 0 Å². The third-order valence-corrected chi connectivity index (χ3v) is 8.81. The van der Waals surface area contributed by atoms with Crippen molar-refractivity contribution in [3.05, 3.63) is 35.4 Å². The highest BCUT2D eigenvalue weighted by Crippen LogP contribution is 2.43. The van der Waals surface area contributed by atoms with Gasteiger partial charge in [0.15, 0.2) is 0 Å². The predicted molar refractivity (Wildman–Crippen MR) is 112 cm³/mol. The van der Waals surface area contributed by atoms with Crippen LogP contribution in [-0.4, -0.2) is 73.6 Å². The van der Waals surface area contributed by atoms with Crippen molar-refractivity contribution in [3.63, 3.8) is 0 Å². The van der Waals surface area contributed by atoms with Crippen molar-refractivity contribution in [2.75, 3.05) is 39.0 Å². The van der Waals surface area contributed by atoms with Crippen LogP contribution in [0.1, 0.15) is 49.1 Å². The summed E-state index contributed by atoms with van der Waals surface area (Å²) >= 11 is 0. The fourth-order valence-electron chi connectivity index (χ4n) is 5.93. The van der Waals surface area contributed by atoms with Gasteiger partial charge in [-0.2, -0.15) is 4.31 Å². The second kappa shape index (κ2) is 7.38. The molecule has 3 aliphatic heterocycles. The Morgan fingerprint density at radius 2 is 1.68 bits per heavy atom.